The van der Waals surface area contributed by atoms with Gasteiger partial charge in [-0.3, -0.25) is 4.79 Å². The molecule has 0 spiro atoms. The minimum absolute atomic E-state index is 0.136. The van der Waals surface area contributed by atoms with Crippen molar-refractivity contribution in [1.29, 1.82) is 0 Å². The molecule has 1 N–H and O–H groups in total. The molecule has 3 aromatic rings. The lowest BCUT2D eigenvalue weighted by atomic mass is 9.93. The van der Waals surface area contributed by atoms with Crippen LogP contribution < -0.4 is 5.32 Å². The van der Waals surface area contributed by atoms with E-state index in [0.717, 1.165) is 34.6 Å². The maximum Gasteiger partial charge on any atom is 0.228 e. The maximum absolute atomic E-state index is 12.6. The Morgan fingerprint density at radius 1 is 1.12 bits per heavy atom. The lowest BCUT2D eigenvalue weighted by molar-refractivity contribution is -0.120. The highest BCUT2D eigenvalue weighted by Gasteiger charge is 2.39. The number of fused-ring (bicyclic) bond motifs is 3. The highest BCUT2D eigenvalue weighted by atomic mass is 32.1. The zero-order valence-electron chi connectivity index (χ0n) is 14.6. The average molecular weight is 360 g/mol. The van der Waals surface area contributed by atoms with Gasteiger partial charge in [-0.15, -0.1) is 11.3 Å². The summed E-state index contributed by atoms with van der Waals surface area (Å²) in [7, 11) is 0. The summed E-state index contributed by atoms with van der Waals surface area (Å²) in [6.07, 6.45) is 6.63. The smallest absolute Gasteiger partial charge is 0.228 e. The number of allylic oxidation sites excluding steroid dienone is 2. The Morgan fingerprint density at radius 3 is 2.69 bits per heavy atom. The third-order valence-corrected chi connectivity index (χ3v) is 6.63. The Bertz CT molecular complexity index is 1020. The van der Waals surface area contributed by atoms with E-state index in [4.69, 9.17) is 4.98 Å². The fourth-order valence-electron chi connectivity index (χ4n) is 4.17. The zero-order chi connectivity index (χ0) is 17.7. The van der Waals surface area contributed by atoms with Crippen LogP contribution in [0.5, 0.6) is 0 Å². The van der Waals surface area contributed by atoms with Gasteiger partial charge in [0, 0.05) is 17.2 Å². The molecule has 2 bridgehead atoms. The second-order valence-electron chi connectivity index (χ2n) is 7.44. The van der Waals surface area contributed by atoms with Crippen LogP contribution in [0.2, 0.25) is 0 Å². The fourth-order valence-corrected chi connectivity index (χ4v) is 5.24. The molecule has 1 amide bonds. The quantitative estimate of drug-likeness (QED) is 0.634. The number of anilines is 1. The molecule has 130 valence electrons. The summed E-state index contributed by atoms with van der Waals surface area (Å²) in [4.78, 5) is 17.3. The number of hydrogen-bond acceptors (Lipinski definition) is 3. The Morgan fingerprint density at radius 2 is 1.96 bits per heavy atom. The van der Waals surface area contributed by atoms with Gasteiger partial charge < -0.3 is 5.32 Å². The van der Waals surface area contributed by atoms with E-state index in [1.54, 1.807) is 11.3 Å². The number of thiazole rings is 1. The summed E-state index contributed by atoms with van der Waals surface area (Å²) in [6, 6.07) is 14.4. The number of carbonyl (C=O) groups is 1. The van der Waals surface area contributed by atoms with E-state index in [1.165, 1.54) is 10.3 Å². The standard InChI is InChI=1S/C22H20N2OS/c1-13-2-9-19-20(10-13)26-22(24-19)15-5-7-17(8-6-15)23-21(25)18-12-14-3-4-16(18)11-14/h2-10,14,16,18H,11-12H2,1H3,(H,23,25). The van der Waals surface area contributed by atoms with Crippen molar-refractivity contribution in [2.45, 2.75) is 19.8 Å². The van der Waals surface area contributed by atoms with Crippen molar-refractivity contribution in [3.05, 3.63) is 60.2 Å². The molecule has 1 fully saturated rings. The Kier molecular flexibility index (Phi) is 3.68. The summed E-state index contributed by atoms with van der Waals surface area (Å²) >= 11 is 1.71. The fraction of sp³-hybridized carbons (Fsp3) is 0.273. The minimum atomic E-state index is 0.136. The lowest BCUT2D eigenvalue weighted by Crippen LogP contribution is -2.25. The van der Waals surface area contributed by atoms with E-state index in [2.05, 4.69) is 42.6 Å². The summed E-state index contributed by atoms with van der Waals surface area (Å²) < 4.78 is 1.21. The molecule has 2 aromatic carbocycles. The highest BCUT2D eigenvalue weighted by Crippen LogP contribution is 2.43. The van der Waals surface area contributed by atoms with Crippen molar-refractivity contribution in [2.24, 2.45) is 17.8 Å². The predicted octanol–water partition coefficient (Wildman–Crippen LogP) is 5.42. The van der Waals surface area contributed by atoms with Gasteiger partial charge in [-0.1, -0.05) is 18.2 Å². The molecule has 1 aromatic heterocycles. The van der Waals surface area contributed by atoms with E-state index in [9.17, 15) is 4.79 Å². The Balaban J connectivity index is 1.33. The largest absolute Gasteiger partial charge is 0.326 e. The summed E-state index contributed by atoms with van der Waals surface area (Å²) in [5.74, 6) is 1.34. The third kappa shape index (κ3) is 2.74. The number of nitrogens with one attached hydrogen (secondary N) is 1. The number of aromatic nitrogens is 1. The van der Waals surface area contributed by atoms with Crippen molar-refractivity contribution in [3.63, 3.8) is 0 Å². The van der Waals surface area contributed by atoms with Crippen LogP contribution >= 0.6 is 11.3 Å². The maximum atomic E-state index is 12.6. The molecule has 2 aliphatic rings. The van der Waals surface area contributed by atoms with Crippen LogP contribution in [0.4, 0.5) is 5.69 Å². The number of rotatable bonds is 3. The number of amides is 1. The van der Waals surface area contributed by atoms with E-state index in [0.29, 0.717) is 11.8 Å². The van der Waals surface area contributed by atoms with Gasteiger partial charge in [0.1, 0.15) is 5.01 Å². The third-order valence-electron chi connectivity index (χ3n) is 5.56. The predicted molar refractivity (Wildman–Crippen MR) is 107 cm³/mol. The van der Waals surface area contributed by atoms with Gasteiger partial charge in [0.2, 0.25) is 5.91 Å². The first-order chi connectivity index (χ1) is 12.7. The minimum Gasteiger partial charge on any atom is -0.326 e. The van der Waals surface area contributed by atoms with Crippen molar-refractivity contribution in [1.82, 2.24) is 4.98 Å². The van der Waals surface area contributed by atoms with Crippen LogP contribution in [0.1, 0.15) is 18.4 Å². The molecule has 1 heterocycles. The monoisotopic (exact) mass is 360 g/mol. The van der Waals surface area contributed by atoms with E-state index in [-0.39, 0.29) is 11.8 Å². The molecule has 0 aliphatic heterocycles. The van der Waals surface area contributed by atoms with Crippen molar-refractivity contribution >= 4 is 33.1 Å². The van der Waals surface area contributed by atoms with E-state index in [1.807, 2.05) is 24.3 Å². The highest BCUT2D eigenvalue weighted by molar-refractivity contribution is 7.21. The lowest BCUT2D eigenvalue weighted by Gasteiger charge is -2.17. The van der Waals surface area contributed by atoms with E-state index < -0.39 is 0 Å². The molecule has 3 nitrogen and oxygen atoms in total. The number of aryl methyl sites for hydroxylation is 1. The summed E-state index contributed by atoms with van der Waals surface area (Å²) in [5.41, 5.74) is 4.24. The van der Waals surface area contributed by atoms with Gasteiger partial charge in [-0.2, -0.15) is 0 Å². The molecular formula is C22H20N2OS. The Labute approximate surface area is 156 Å². The molecular weight excluding hydrogens is 340 g/mol. The van der Waals surface area contributed by atoms with Crippen molar-refractivity contribution in [2.75, 3.05) is 5.32 Å². The number of benzene rings is 2. The van der Waals surface area contributed by atoms with E-state index >= 15 is 0 Å². The Hall–Kier alpha value is -2.46. The van der Waals surface area contributed by atoms with Gasteiger partial charge in [0.15, 0.2) is 0 Å². The first kappa shape index (κ1) is 15.8. The van der Waals surface area contributed by atoms with Gasteiger partial charge in [-0.25, -0.2) is 4.98 Å². The van der Waals surface area contributed by atoms with Crippen LogP contribution in [0.3, 0.4) is 0 Å². The average Bonchev–Trinajstić information content (AvgIpc) is 3.37. The molecule has 1 saturated carbocycles. The van der Waals surface area contributed by atoms with Crippen molar-refractivity contribution in [3.8, 4) is 10.6 Å². The number of nitrogens with zero attached hydrogens (tertiary/aromatic N) is 1. The first-order valence-corrected chi connectivity index (χ1v) is 9.94. The SMILES string of the molecule is Cc1ccc2nc(-c3ccc(NC(=O)C4CC5C=CC4C5)cc3)sc2c1. The zero-order valence-corrected chi connectivity index (χ0v) is 15.4. The second-order valence-corrected chi connectivity index (χ2v) is 8.47. The molecule has 4 heteroatoms. The molecule has 26 heavy (non-hydrogen) atoms. The van der Waals surface area contributed by atoms with Crippen LogP contribution in [0.25, 0.3) is 20.8 Å². The normalized spacial score (nSPS) is 23.7. The van der Waals surface area contributed by atoms with Crippen LogP contribution in [-0.2, 0) is 4.79 Å². The van der Waals surface area contributed by atoms with Gasteiger partial charge in [0.05, 0.1) is 10.2 Å². The topological polar surface area (TPSA) is 42.0 Å². The van der Waals surface area contributed by atoms with Crippen LogP contribution in [0, 0.1) is 24.7 Å². The molecule has 3 atom stereocenters. The molecule has 0 saturated heterocycles. The molecule has 2 aliphatic carbocycles. The number of carbonyl (C=O) groups excluding carboxylic acids is 1. The van der Waals surface area contributed by atoms with Gasteiger partial charge >= 0.3 is 0 Å². The van der Waals surface area contributed by atoms with Crippen molar-refractivity contribution < 1.29 is 4.79 Å². The first-order valence-electron chi connectivity index (χ1n) is 9.12. The molecule has 0 radical (unpaired) electrons. The molecule has 5 rings (SSSR count). The van der Waals surface area contributed by atoms with Crippen LogP contribution in [0.15, 0.2) is 54.6 Å². The van der Waals surface area contributed by atoms with Gasteiger partial charge in [-0.05, 0) is 73.6 Å². The second kappa shape index (κ2) is 6.06. The summed E-state index contributed by atoms with van der Waals surface area (Å²) in [6.45, 7) is 2.10. The summed E-state index contributed by atoms with van der Waals surface area (Å²) in [5, 5.41) is 4.11. The number of hydrogen-bond donors (Lipinski definition) is 1. The van der Waals surface area contributed by atoms with Gasteiger partial charge in [0.25, 0.3) is 0 Å². The molecule has 3 unspecified atom stereocenters. The van der Waals surface area contributed by atoms with Crippen LogP contribution in [-0.4, -0.2) is 10.9 Å².